The molecule has 5 nitrogen and oxygen atoms in total. The molecule has 1 amide bonds. The van der Waals surface area contributed by atoms with E-state index >= 15 is 0 Å². The van der Waals surface area contributed by atoms with Crippen molar-refractivity contribution < 1.29 is 18.0 Å². The van der Waals surface area contributed by atoms with Crippen molar-refractivity contribution in [3.05, 3.63) is 53.6 Å². The topological polar surface area (TPSA) is 66.1 Å². The van der Waals surface area contributed by atoms with Gasteiger partial charge in [-0.15, -0.1) is 0 Å². The molecule has 1 aromatic heterocycles. The molecule has 1 aliphatic heterocycles. The summed E-state index contributed by atoms with van der Waals surface area (Å²) >= 11 is 1.25. The van der Waals surface area contributed by atoms with Crippen LogP contribution in [-0.4, -0.2) is 30.0 Å². The van der Waals surface area contributed by atoms with E-state index in [1.807, 2.05) is 0 Å². The summed E-state index contributed by atoms with van der Waals surface area (Å²) in [6.07, 6.45) is -3.50. The zero-order valence-corrected chi connectivity index (χ0v) is 15.5. The lowest BCUT2D eigenvalue weighted by molar-refractivity contribution is -0.137. The first-order valence-electron chi connectivity index (χ1n) is 8.75. The fourth-order valence-electron chi connectivity index (χ4n) is 3.07. The monoisotopic (exact) mass is 406 g/mol. The van der Waals surface area contributed by atoms with Crippen LogP contribution in [0.5, 0.6) is 0 Å². The number of amides is 1. The smallest absolute Gasteiger partial charge is 0.348 e. The second-order valence-corrected chi connectivity index (χ2v) is 7.60. The molecule has 0 spiro atoms. The van der Waals surface area contributed by atoms with E-state index in [2.05, 4.69) is 20.9 Å². The van der Waals surface area contributed by atoms with Crippen molar-refractivity contribution in [2.45, 2.75) is 18.6 Å². The fraction of sp³-hybridized carbons (Fsp3) is 0.263. The number of nitrogens with zero attached hydrogens (tertiary/aromatic N) is 1. The number of benzene rings is 2. The van der Waals surface area contributed by atoms with Crippen molar-refractivity contribution in [1.29, 1.82) is 0 Å². The molecule has 1 unspecified atom stereocenters. The van der Waals surface area contributed by atoms with Gasteiger partial charge in [0.05, 0.1) is 15.8 Å². The van der Waals surface area contributed by atoms with Gasteiger partial charge in [0.2, 0.25) is 0 Å². The van der Waals surface area contributed by atoms with Gasteiger partial charge >= 0.3 is 6.18 Å². The molecule has 3 N–H and O–H groups in total. The first kappa shape index (κ1) is 18.7. The molecule has 9 heteroatoms. The summed E-state index contributed by atoms with van der Waals surface area (Å²) in [5.74, 6) is -0.156. The molecular formula is C19H17F3N4OS. The predicted molar refractivity (Wildman–Crippen MR) is 103 cm³/mol. The zero-order chi connectivity index (χ0) is 19.7. The average Bonchev–Trinajstić information content (AvgIpc) is 3.29. The lowest BCUT2D eigenvalue weighted by Crippen LogP contribution is -2.36. The van der Waals surface area contributed by atoms with E-state index in [1.165, 1.54) is 17.4 Å². The number of anilines is 2. The molecule has 3 aromatic rings. The summed E-state index contributed by atoms with van der Waals surface area (Å²) in [5, 5.41) is 9.71. The normalized spacial score (nSPS) is 17.0. The van der Waals surface area contributed by atoms with Crippen molar-refractivity contribution in [3.63, 3.8) is 0 Å². The summed E-state index contributed by atoms with van der Waals surface area (Å²) < 4.78 is 39.2. The van der Waals surface area contributed by atoms with E-state index in [0.717, 1.165) is 31.6 Å². The summed E-state index contributed by atoms with van der Waals surface area (Å²) in [4.78, 5) is 16.6. The van der Waals surface area contributed by atoms with Crippen LogP contribution in [0.1, 0.15) is 22.3 Å². The number of aromatic nitrogens is 1. The SMILES string of the molecule is O=C(NC1CCNC1)c1cccc(Nc2nc3cc(C(F)(F)F)ccc3s2)c1. The van der Waals surface area contributed by atoms with Crippen LogP contribution in [0.4, 0.5) is 24.0 Å². The number of rotatable bonds is 4. The second kappa shape index (κ2) is 7.40. The molecule has 1 aliphatic rings. The molecule has 2 aromatic carbocycles. The Morgan fingerprint density at radius 1 is 1.21 bits per heavy atom. The third-order valence-electron chi connectivity index (χ3n) is 4.49. The fourth-order valence-corrected chi connectivity index (χ4v) is 3.93. The van der Waals surface area contributed by atoms with Gasteiger partial charge in [0.15, 0.2) is 5.13 Å². The highest BCUT2D eigenvalue weighted by molar-refractivity contribution is 7.22. The van der Waals surface area contributed by atoms with Gasteiger partial charge in [0.1, 0.15) is 0 Å². The summed E-state index contributed by atoms with van der Waals surface area (Å²) in [7, 11) is 0. The Bertz CT molecular complexity index is 1010. The van der Waals surface area contributed by atoms with Gasteiger partial charge in [-0.25, -0.2) is 4.98 Å². The van der Waals surface area contributed by atoms with Gasteiger partial charge in [-0.05, 0) is 49.4 Å². The Labute approximate surface area is 163 Å². The van der Waals surface area contributed by atoms with Crippen molar-refractivity contribution in [3.8, 4) is 0 Å². The maximum absolute atomic E-state index is 12.9. The van der Waals surface area contributed by atoms with Crippen LogP contribution in [0, 0.1) is 0 Å². The molecule has 2 heterocycles. The maximum Gasteiger partial charge on any atom is 0.416 e. The Balaban J connectivity index is 1.51. The molecule has 0 radical (unpaired) electrons. The van der Waals surface area contributed by atoms with E-state index in [1.54, 1.807) is 24.3 Å². The van der Waals surface area contributed by atoms with Gasteiger partial charge in [-0.1, -0.05) is 17.4 Å². The number of alkyl halides is 3. The summed E-state index contributed by atoms with van der Waals surface area (Å²) in [5.41, 5.74) is 0.714. The van der Waals surface area contributed by atoms with Gasteiger partial charge in [0, 0.05) is 23.8 Å². The third-order valence-corrected chi connectivity index (χ3v) is 5.44. The molecule has 1 saturated heterocycles. The highest BCUT2D eigenvalue weighted by Crippen LogP contribution is 2.34. The van der Waals surface area contributed by atoms with Gasteiger partial charge in [-0.2, -0.15) is 13.2 Å². The Morgan fingerprint density at radius 2 is 2.07 bits per heavy atom. The second-order valence-electron chi connectivity index (χ2n) is 6.57. The number of halogens is 3. The molecular weight excluding hydrogens is 389 g/mol. The van der Waals surface area contributed by atoms with Crippen LogP contribution in [0.25, 0.3) is 10.2 Å². The first-order chi connectivity index (χ1) is 13.4. The lowest BCUT2D eigenvalue weighted by atomic mass is 10.1. The maximum atomic E-state index is 12.9. The molecule has 0 bridgehead atoms. The standard InChI is InChI=1S/C19H17F3N4OS/c20-19(21,22)12-4-5-16-15(9-12)26-18(28-16)25-13-3-1-2-11(8-13)17(27)24-14-6-7-23-10-14/h1-5,8-9,14,23H,6-7,10H2,(H,24,27)(H,25,26). The molecule has 4 rings (SSSR count). The molecule has 146 valence electrons. The van der Waals surface area contributed by atoms with Crippen LogP contribution in [0.15, 0.2) is 42.5 Å². The molecule has 28 heavy (non-hydrogen) atoms. The van der Waals surface area contributed by atoms with Gasteiger partial charge < -0.3 is 16.0 Å². The van der Waals surface area contributed by atoms with E-state index < -0.39 is 11.7 Å². The Morgan fingerprint density at radius 3 is 2.82 bits per heavy atom. The number of carbonyl (C=O) groups excluding carboxylic acids is 1. The quantitative estimate of drug-likeness (QED) is 0.609. The summed E-state index contributed by atoms with van der Waals surface area (Å²) in [6.45, 7) is 1.65. The highest BCUT2D eigenvalue weighted by Gasteiger charge is 2.30. The van der Waals surface area contributed by atoms with Gasteiger partial charge in [-0.3, -0.25) is 4.79 Å². The van der Waals surface area contributed by atoms with Crippen molar-refractivity contribution >= 4 is 38.3 Å². The van der Waals surface area contributed by atoms with Crippen LogP contribution < -0.4 is 16.0 Å². The molecule has 1 fully saturated rings. The minimum absolute atomic E-state index is 0.121. The number of hydrogen-bond donors (Lipinski definition) is 3. The molecule has 0 aliphatic carbocycles. The van der Waals surface area contributed by atoms with E-state index in [-0.39, 0.29) is 17.5 Å². The van der Waals surface area contributed by atoms with E-state index in [9.17, 15) is 18.0 Å². The largest absolute Gasteiger partial charge is 0.416 e. The Kier molecular flexibility index (Phi) is 4.94. The van der Waals surface area contributed by atoms with Crippen molar-refractivity contribution in [2.24, 2.45) is 0 Å². The Hall–Kier alpha value is -2.65. The zero-order valence-electron chi connectivity index (χ0n) is 14.6. The number of fused-ring (bicyclic) bond motifs is 1. The van der Waals surface area contributed by atoms with Gasteiger partial charge in [0.25, 0.3) is 5.91 Å². The van der Waals surface area contributed by atoms with Crippen LogP contribution in [-0.2, 0) is 6.18 Å². The number of carbonyl (C=O) groups is 1. The third kappa shape index (κ3) is 4.10. The molecule has 1 atom stereocenters. The average molecular weight is 406 g/mol. The first-order valence-corrected chi connectivity index (χ1v) is 9.56. The number of thiazole rings is 1. The predicted octanol–water partition coefficient (Wildman–Crippen LogP) is 4.15. The number of nitrogens with one attached hydrogen (secondary N) is 3. The highest BCUT2D eigenvalue weighted by atomic mass is 32.1. The van der Waals surface area contributed by atoms with Crippen LogP contribution in [0.3, 0.4) is 0 Å². The minimum atomic E-state index is -4.40. The van der Waals surface area contributed by atoms with Crippen LogP contribution in [0.2, 0.25) is 0 Å². The van der Waals surface area contributed by atoms with Crippen molar-refractivity contribution in [2.75, 3.05) is 18.4 Å². The molecule has 0 saturated carbocycles. The van der Waals surface area contributed by atoms with Crippen LogP contribution >= 0.6 is 11.3 Å². The van der Waals surface area contributed by atoms with E-state index in [0.29, 0.717) is 21.1 Å². The van der Waals surface area contributed by atoms with E-state index in [4.69, 9.17) is 0 Å². The lowest BCUT2D eigenvalue weighted by Gasteiger charge is -2.12. The minimum Gasteiger partial charge on any atom is -0.348 e. The van der Waals surface area contributed by atoms with Crippen molar-refractivity contribution in [1.82, 2.24) is 15.6 Å². The summed E-state index contributed by atoms with van der Waals surface area (Å²) in [6, 6.07) is 10.6. The number of hydrogen-bond acceptors (Lipinski definition) is 5.